The number of amides is 1. The van der Waals surface area contributed by atoms with Crippen molar-refractivity contribution in [3.63, 3.8) is 0 Å². The predicted octanol–water partition coefficient (Wildman–Crippen LogP) is 1.79. The van der Waals surface area contributed by atoms with E-state index >= 15 is 0 Å². The Bertz CT molecular complexity index is 749. The van der Waals surface area contributed by atoms with Crippen molar-refractivity contribution in [2.75, 3.05) is 32.7 Å². The third-order valence-corrected chi connectivity index (χ3v) is 5.22. The van der Waals surface area contributed by atoms with Crippen LogP contribution in [0.3, 0.4) is 0 Å². The van der Waals surface area contributed by atoms with E-state index < -0.39 is 0 Å². The molecule has 1 aromatic carbocycles. The molecule has 3 heterocycles. The summed E-state index contributed by atoms with van der Waals surface area (Å²) in [5.74, 6) is 1.40. The summed E-state index contributed by atoms with van der Waals surface area (Å²) in [7, 11) is 0. The van der Waals surface area contributed by atoms with Crippen LogP contribution in [0.5, 0.6) is 0 Å². The smallest absolute Gasteiger partial charge is 0.241 e. The van der Waals surface area contributed by atoms with Crippen LogP contribution in [0.2, 0.25) is 5.02 Å². The first-order chi connectivity index (χ1) is 12.7. The molecule has 1 N–H and O–H groups in total. The number of piperazine rings is 1. The van der Waals surface area contributed by atoms with Crippen molar-refractivity contribution < 1.29 is 9.32 Å². The number of halogens is 1. The van der Waals surface area contributed by atoms with Crippen molar-refractivity contribution in [1.82, 2.24) is 25.3 Å². The fraction of sp³-hybridized carbons (Fsp3) is 0.500. The molecule has 138 valence electrons. The number of aromatic nitrogens is 2. The molecule has 26 heavy (non-hydrogen) atoms. The Kier molecular flexibility index (Phi) is 5.19. The predicted molar refractivity (Wildman–Crippen MR) is 97.6 cm³/mol. The molecule has 1 aromatic heterocycles. The number of hydrogen-bond donors (Lipinski definition) is 1. The number of rotatable bonds is 4. The molecule has 2 aromatic rings. The van der Waals surface area contributed by atoms with Crippen molar-refractivity contribution in [2.45, 2.75) is 25.4 Å². The summed E-state index contributed by atoms with van der Waals surface area (Å²) < 4.78 is 5.38. The van der Waals surface area contributed by atoms with Crippen LogP contribution in [-0.2, 0) is 11.3 Å². The first kappa shape index (κ1) is 17.5. The first-order valence-corrected chi connectivity index (χ1v) is 9.40. The Labute approximate surface area is 157 Å². The highest BCUT2D eigenvalue weighted by Crippen LogP contribution is 2.19. The van der Waals surface area contributed by atoms with Crippen molar-refractivity contribution >= 4 is 17.5 Å². The fourth-order valence-electron chi connectivity index (χ4n) is 3.47. The second-order valence-corrected chi connectivity index (χ2v) is 7.21. The lowest BCUT2D eigenvalue weighted by Crippen LogP contribution is -2.52. The molecule has 0 spiro atoms. The molecule has 0 aliphatic carbocycles. The highest BCUT2D eigenvalue weighted by atomic mass is 35.5. The van der Waals surface area contributed by atoms with Crippen LogP contribution in [0.4, 0.5) is 0 Å². The lowest BCUT2D eigenvalue weighted by atomic mass is 10.2. The van der Waals surface area contributed by atoms with Gasteiger partial charge in [-0.15, -0.1) is 0 Å². The Hall–Kier alpha value is -1.96. The largest absolute Gasteiger partial charge is 0.339 e. The van der Waals surface area contributed by atoms with E-state index in [1.165, 1.54) is 0 Å². The molecule has 2 saturated heterocycles. The molecular weight excluding hydrogens is 354 g/mol. The minimum atomic E-state index is 0.0134. The second-order valence-electron chi connectivity index (χ2n) is 6.77. The number of carbonyl (C=O) groups is 1. The van der Waals surface area contributed by atoms with E-state index in [2.05, 4.69) is 20.4 Å². The summed E-state index contributed by atoms with van der Waals surface area (Å²) >= 11 is 5.91. The average Bonchev–Trinajstić information content (AvgIpc) is 3.35. The number of benzene rings is 1. The number of nitrogens with one attached hydrogen (secondary N) is 1. The topological polar surface area (TPSA) is 74.5 Å². The van der Waals surface area contributed by atoms with Gasteiger partial charge in [-0.1, -0.05) is 16.8 Å². The molecule has 2 aliphatic rings. The van der Waals surface area contributed by atoms with E-state index in [-0.39, 0.29) is 11.9 Å². The van der Waals surface area contributed by atoms with Gasteiger partial charge in [-0.3, -0.25) is 9.69 Å². The maximum absolute atomic E-state index is 12.4. The summed E-state index contributed by atoms with van der Waals surface area (Å²) in [5, 5.41) is 8.01. The fourth-order valence-corrected chi connectivity index (χ4v) is 3.59. The molecule has 0 radical (unpaired) electrons. The summed E-state index contributed by atoms with van der Waals surface area (Å²) in [6, 6.07) is 7.38. The van der Waals surface area contributed by atoms with Crippen molar-refractivity contribution in [3.05, 3.63) is 35.2 Å². The lowest BCUT2D eigenvalue weighted by Gasteiger charge is -2.35. The van der Waals surface area contributed by atoms with Crippen LogP contribution in [0.15, 0.2) is 28.8 Å². The Morgan fingerprint density at radius 1 is 1.23 bits per heavy atom. The maximum atomic E-state index is 12.4. The number of carbonyl (C=O) groups excluding carboxylic acids is 1. The van der Waals surface area contributed by atoms with Crippen LogP contribution in [0, 0.1) is 0 Å². The molecule has 0 saturated carbocycles. The zero-order valence-electron chi connectivity index (χ0n) is 14.5. The van der Waals surface area contributed by atoms with Gasteiger partial charge in [0.15, 0.2) is 0 Å². The molecule has 0 bridgehead atoms. The van der Waals surface area contributed by atoms with Crippen LogP contribution in [0.25, 0.3) is 11.4 Å². The van der Waals surface area contributed by atoms with Crippen LogP contribution < -0.4 is 5.32 Å². The standard InChI is InChI=1S/C18H22ClN5O2/c19-14-5-3-13(4-6-14)17-21-16(26-22-17)12-23-8-10-24(11-9-23)18(25)15-2-1-7-20-15/h3-6,15,20H,1-2,7-12H2. The van der Waals surface area contributed by atoms with Gasteiger partial charge in [-0.25, -0.2) is 0 Å². The van der Waals surface area contributed by atoms with Gasteiger partial charge >= 0.3 is 0 Å². The quantitative estimate of drug-likeness (QED) is 0.878. The van der Waals surface area contributed by atoms with E-state index in [0.717, 1.165) is 51.1 Å². The average molecular weight is 376 g/mol. The Balaban J connectivity index is 1.30. The maximum Gasteiger partial charge on any atom is 0.241 e. The van der Waals surface area contributed by atoms with Crippen LogP contribution in [-0.4, -0.2) is 64.6 Å². The van der Waals surface area contributed by atoms with Gasteiger partial charge in [-0.2, -0.15) is 4.98 Å². The van der Waals surface area contributed by atoms with E-state index in [4.69, 9.17) is 16.1 Å². The minimum absolute atomic E-state index is 0.0134. The van der Waals surface area contributed by atoms with Gasteiger partial charge in [-0.05, 0) is 43.7 Å². The highest BCUT2D eigenvalue weighted by molar-refractivity contribution is 6.30. The van der Waals surface area contributed by atoms with Gasteiger partial charge < -0.3 is 14.7 Å². The van der Waals surface area contributed by atoms with Gasteiger partial charge in [0.25, 0.3) is 0 Å². The molecular formula is C18H22ClN5O2. The third kappa shape index (κ3) is 3.90. The van der Waals surface area contributed by atoms with Crippen LogP contribution in [0.1, 0.15) is 18.7 Å². The van der Waals surface area contributed by atoms with E-state index in [1.54, 1.807) is 0 Å². The summed E-state index contributed by atoms with van der Waals surface area (Å²) in [6.45, 7) is 4.67. The van der Waals surface area contributed by atoms with Gasteiger partial charge in [0.2, 0.25) is 17.6 Å². The third-order valence-electron chi connectivity index (χ3n) is 4.97. The van der Waals surface area contributed by atoms with E-state index in [1.807, 2.05) is 29.2 Å². The lowest BCUT2D eigenvalue weighted by molar-refractivity contribution is -0.134. The normalized spacial score (nSPS) is 21.3. The monoisotopic (exact) mass is 375 g/mol. The first-order valence-electron chi connectivity index (χ1n) is 9.02. The number of nitrogens with zero attached hydrogens (tertiary/aromatic N) is 4. The van der Waals surface area contributed by atoms with Crippen molar-refractivity contribution in [1.29, 1.82) is 0 Å². The van der Waals surface area contributed by atoms with Crippen LogP contribution >= 0.6 is 11.6 Å². The zero-order chi connectivity index (χ0) is 17.9. The summed E-state index contributed by atoms with van der Waals surface area (Å²) in [4.78, 5) is 21.1. The minimum Gasteiger partial charge on any atom is -0.339 e. The highest BCUT2D eigenvalue weighted by Gasteiger charge is 2.29. The molecule has 4 rings (SSSR count). The Morgan fingerprint density at radius 3 is 2.69 bits per heavy atom. The zero-order valence-corrected chi connectivity index (χ0v) is 15.3. The Morgan fingerprint density at radius 2 is 2.00 bits per heavy atom. The molecule has 7 nitrogen and oxygen atoms in total. The second kappa shape index (κ2) is 7.73. The SMILES string of the molecule is O=C(C1CCCN1)N1CCN(Cc2nc(-c3ccc(Cl)cc3)no2)CC1. The summed E-state index contributed by atoms with van der Waals surface area (Å²) in [5.41, 5.74) is 0.879. The van der Waals surface area contributed by atoms with Gasteiger partial charge in [0.1, 0.15) is 0 Å². The summed E-state index contributed by atoms with van der Waals surface area (Å²) in [6.07, 6.45) is 2.04. The molecule has 1 unspecified atom stereocenters. The van der Waals surface area contributed by atoms with E-state index in [0.29, 0.717) is 23.3 Å². The molecule has 2 fully saturated rings. The molecule has 1 amide bonds. The molecule has 8 heteroatoms. The number of hydrogen-bond acceptors (Lipinski definition) is 6. The molecule has 1 atom stereocenters. The van der Waals surface area contributed by atoms with Crippen molar-refractivity contribution in [2.24, 2.45) is 0 Å². The van der Waals surface area contributed by atoms with Gasteiger partial charge in [0, 0.05) is 36.8 Å². The van der Waals surface area contributed by atoms with E-state index in [9.17, 15) is 4.79 Å². The molecule has 2 aliphatic heterocycles. The van der Waals surface area contributed by atoms with Gasteiger partial charge in [0.05, 0.1) is 12.6 Å². The van der Waals surface area contributed by atoms with Crippen molar-refractivity contribution in [3.8, 4) is 11.4 Å².